The van der Waals surface area contributed by atoms with Crippen molar-refractivity contribution >= 4 is 39.1 Å². The Morgan fingerprint density at radius 1 is 1.19 bits per heavy atom. The zero-order valence-corrected chi connectivity index (χ0v) is 14.9. The van der Waals surface area contributed by atoms with E-state index in [4.69, 9.17) is 27.9 Å². The monoisotopic (exact) mass is 387 g/mol. The van der Waals surface area contributed by atoms with Crippen molar-refractivity contribution in [3.05, 3.63) is 56.5 Å². The maximum Gasteiger partial charge on any atom is 0.147 e. The molecule has 0 aliphatic carbocycles. The first-order valence-electron chi connectivity index (χ1n) is 6.67. The van der Waals surface area contributed by atoms with Crippen LogP contribution in [0.3, 0.4) is 0 Å². The van der Waals surface area contributed by atoms with E-state index in [0.29, 0.717) is 21.5 Å². The van der Waals surface area contributed by atoms with Crippen molar-refractivity contribution < 1.29 is 4.74 Å². The highest BCUT2D eigenvalue weighted by Crippen LogP contribution is 2.37. The minimum absolute atomic E-state index is 0.287. The number of hydrogen-bond donors (Lipinski definition) is 1. The summed E-state index contributed by atoms with van der Waals surface area (Å²) in [5.41, 5.74) is 1.19. The molecule has 0 fully saturated rings. The molecule has 0 aliphatic heterocycles. The highest BCUT2D eigenvalue weighted by atomic mass is 79.9. The van der Waals surface area contributed by atoms with Gasteiger partial charge in [-0.2, -0.15) is 0 Å². The second kappa shape index (κ2) is 7.50. The molecule has 1 N–H and O–H groups in total. The van der Waals surface area contributed by atoms with E-state index >= 15 is 0 Å². The molecule has 0 bridgehead atoms. The minimum atomic E-state index is 0.287. The third-order valence-corrected chi connectivity index (χ3v) is 4.52. The van der Waals surface area contributed by atoms with Crippen molar-refractivity contribution in [2.45, 2.75) is 19.9 Å². The van der Waals surface area contributed by atoms with Crippen LogP contribution in [0.2, 0.25) is 10.0 Å². The molecule has 0 aliphatic rings. The molecule has 2 nitrogen and oxygen atoms in total. The molecule has 0 aromatic heterocycles. The van der Waals surface area contributed by atoms with Crippen LogP contribution >= 0.6 is 39.1 Å². The molecule has 2 aromatic carbocycles. The van der Waals surface area contributed by atoms with E-state index in [1.54, 1.807) is 18.2 Å². The minimum Gasteiger partial charge on any atom is -0.455 e. The predicted octanol–water partition coefficient (Wildman–Crippen LogP) is 6.22. The molecule has 0 saturated carbocycles. The van der Waals surface area contributed by atoms with Crippen molar-refractivity contribution in [3.63, 3.8) is 0 Å². The van der Waals surface area contributed by atoms with Gasteiger partial charge in [-0.3, -0.25) is 0 Å². The average molecular weight is 389 g/mol. The van der Waals surface area contributed by atoms with E-state index in [-0.39, 0.29) is 6.04 Å². The van der Waals surface area contributed by atoms with E-state index < -0.39 is 0 Å². The van der Waals surface area contributed by atoms with Crippen LogP contribution in [0.4, 0.5) is 0 Å². The molecule has 21 heavy (non-hydrogen) atoms. The maximum absolute atomic E-state index is 6.14. The zero-order chi connectivity index (χ0) is 15.4. The summed E-state index contributed by atoms with van der Waals surface area (Å²) >= 11 is 15.7. The summed E-state index contributed by atoms with van der Waals surface area (Å²) in [6, 6.07) is 11.6. The first-order valence-corrected chi connectivity index (χ1v) is 8.22. The Balaban J connectivity index is 2.23. The van der Waals surface area contributed by atoms with Gasteiger partial charge in [0.25, 0.3) is 0 Å². The molecule has 0 heterocycles. The number of halogens is 3. The predicted molar refractivity (Wildman–Crippen MR) is 92.8 cm³/mol. The van der Waals surface area contributed by atoms with Crippen molar-refractivity contribution in [1.29, 1.82) is 0 Å². The molecule has 112 valence electrons. The summed E-state index contributed by atoms with van der Waals surface area (Å²) in [5.74, 6) is 1.24. The third-order valence-electron chi connectivity index (χ3n) is 3.10. The van der Waals surface area contributed by atoms with Crippen molar-refractivity contribution in [1.82, 2.24) is 5.32 Å². The number of nitrogens with one attached hydrogen (secondary N) is 1. The van der Waals surface area contributed by atoms with Gasteiger partial charge in [0.1, 0.15) is 16.5 Å². The standard InChI is InChI=1S/C16H16BrCl2NO/c1-3-20-10(2)11-7-8-14(12(17)9-11)21-15-6-4-5-13(18)16(15)19/h4-10,20H,3H2,1-2H3. The van der Waals surface area contributed by atoms with Gasteiger partial charge in [-0.15, -0.1) is 0 Å². The lowest BCUT2D eigenvalue weighted by Gasteiger charge is -2.15. The van der Waals surface area contributed by atoms with E-state index in [0.717, 1.165) is 11.0 Å². The number of hydrogen-bond acceptors (Lipinski definition) is 2. The molecule has 0 saturated heterocycles. The lowest BCUT2D eigenvalue weighted by atomic mass is 10.1. The van der Waals surface area contributed by atoms with Gasteiger partial charge >= 0.3 is 0 Å². The quantitative estimate of drug-likeness (QED) is 0.656. The summed E-state index contributed by atoms with van der Waals surface area (Å²) in [6.45, 7) is 5.14. The van der Waals surface area contributed by atoms with E-state index in [9.17, 15) is 0 Å². The van der Waals surface area contributed by atoms with Gasteiger partial charge in [-0.1, -0.05) is 42.3 Å². The maximum atomic E-state index is 6.14. The molecule has 0 radical (unpaired) electrons. The highest BCUT2D eigenvalue weighted by molar-refractivity contribution is 9.10. The summed E-state index contributed by atoms with van der Waals surface area (Å²) in [4.78, 5) is 0. The van der Waals surface area contributed by atoms with E-state index in [2.05, 4.69) is 35.1 Å². The van der Waals surface area contributed by atoms with Crippen LogP contribution in [0.15, 0.2) is 40.9 Å². The Bertz CT molecular complexity index is 634. The SMILES string of the molecule is CCNC(C)c1ccc(Oc2cccc(Cl)c2Cl)c(Br)c1. The Morgan fingerprint density at radius 2 is 1.95 bits per heavy atom. The largest absolute Gasteiger partial charge is 0.455 e. The molecular weight excluding hydrogens is 373 g/mol. The molecule has 1 atom stereocenters. The second-order valence-corrected chi connectivity index (χ2v) is 6.26. The van der Waals surface area contributed by atoms with Crippen LogP contribution in [0.1, 0.15) is 25.5 Å². The second-order valence-electron chi connectivity index (χ2n) is 4.62. The lowest BCUT2D eigenvalue weighted by molar-refractivity contribution is 0.479. The fourth-order valence-corrected chi connectivity index (χ4v) is 2.78. The van der Waals surface area contributed by atoms with E-state index in [1.807, 2.05) is 18.2 Å². The number of rotatable bonds is 5. The molecule has 0 amide bonds. The zero-order valence-electron chi connectivity index (χ0n) is 11.8. The first kappa shape index (κ1) is 16.6. The number of benzene rings is 2. The van der Waals surface area contributed by atoms with Crippen LogP contribution in [-0.4, -0.2) is 6.54 Å². The summed E-state index contributed by atoms with van der Waals surface area (Å²) in [6.07, 6.45) is 0. The molecule has 2 aromatic rings. The van der Waals surface area contributed by atoms with Crippen molar-refractivity contribution in [2.24, 2.45) is 0 Å². The van der Waals surface area contributed by atoms with Gasteiger partial charge in [-0.05, 0) is 59.2 Å². The van der Waals surface area contributed by atoms with Gasteiger partial charge in [-0.25, -0.2) is 0 Å². The molecule has 5 heteroatoms. The van der Waals surface area contributed by atoms with Gasteiger partial charge < -0.3 is 10.1 Å². The summed E-state index contributed by atoms with van der Waals surface area (Å²) < 4.78 is 6.71. The smallest absolute Gasteiger partial charge is 0.147 e. The lowest BCUT2D eigenvalue weighted by Crippen LogP contribution is -2.17. The molecule has 2 rings (SSSR count). The molecular formula is C16H16BrCl2NO. The summed E-state index contributed by atoms with van der Waals surface area (Å²) in [7, 11) is 0. The van der Waals surface area contributed by atoms with Gasteiger partial charge in [0.2, 0.25) is 0 Å². The van der Waals surface area contributed by atoms with Crippen molar-refractivity contribution in [2.75, 3.05) is 6.54 Å². The summed E-state index contributed by atoms with van der Waals surface area (Å²) in [5, 5.41) is 4.26. The van der Waals surface area contributed by atoms with Crippen LogP contribution in [0, 0.1) is 0 Å². The van der Waals surface area contributed by atoms with Crippen LogP contribution < -0.4 is 10.1 Å². The number of ether oxygens (including phenoxy) is 1. The normalized spacial score (nSPS) is 12.2. The van der Waals surface area contributed by atoms with Gasteiger partial charge in [0.05, 0.1) is 9.50 Å². The Kier molecular flexibility index (Phi) is 5.94. The Labute approximate surface area is 143 Å². The topological polar surface area (TPSA) is 21.3 Å². The highest BCUT2D eigenvalue weighted by Gasteiger charge is 2.11. The van der Waals surface area contributed by atoms with Gasteiger partial charge in [0, 0.05) is 6.04 Å². The third kappa shape index (κ3) is 4.13. The van der Waals surface area contributed by atoms with Crippen molar-refractivity contribution in [3.8, 4) is 11.5 Å². The van der Waals surface area contributed by atoms with Crippen LogP contribution in [0.5, 0.6) is 11.5 Å². The Hall–Kier alpha value is -0.740. The van der Waals surface area contributed by atoms with Gasteiger partial charge in [0.15, 0.2) is 0 Å². The first-order chi connectivity index (χ1) is 10.0. The average Bonchev–Trinajstić information content (AvgIpc) is 2.46. The molecule has 1 unspecified atom stereocenters. The van der Waals surface area contributed by atoms with Crippen LogP contribution in [0.25, 0.3) is 0 Å². The fraction of sp³-hybridized carbons (Fsp3) is 0.250. The molecule has 0 spiro atoms. The van der Waals surface area contributed by atoms with E-state index in [1.165, 1.54) is 5.56 Å². The fourth-order valence-electron chi connectivity index (χ4n) is 1.97. The Morgan fingerprint density at radius 3 is 2.62 bits per heavy atom. The van der Waals surface area contributed by atoms with Crippen LogP contribution in [-0.2, 0) is 0 Å².